The number of nitrogen functional groups attached to an aromatic ring is 2. The van der Waals surface area contributed by atoms with Crippen LogP contribution < -0.4 is 11.5 Å². The second kappa shape index (κ2) is 8.04. The van der Waals surface area contributed by atoms with Gasteiger partial charge in [0.2, 0.25) is 5.28 Å². The van der Waals surface area contributed by atoms with Gasteiger partial charge in [-0.25, -0.2) is 9.97 Å². The zero-order chi connectivity index (χ0) is 22.6. The SMILES string of the molecule is Nc1nc2cc(CC[C@H]3C[C@@H](n4ccc5c(N)nc(Cl)nc54)[C@H](O)[C@@H]3O)ccc2cc1Cl. The fourth-order valence-electron chi connectivity index (χ4n) is 4.67. The molecule has 3 heterocycles. The fraction of sp³-hybridized carbons (Fsp3) is 0.318. The van der Waals surface area contributed by atoms with Crippen LogP contribution in [0, 0.1) is 5.92 Å². The molecule has 8 nitrogen and oxygen atoms in total. The smallest absolute Gasteiger partial charge is 0.226 e. The molecule has 3 aromatic heterocycles. The van der Waals surface area contributed by atoms with Crippen molar-refractivity contribution < 1.29 is 10.2 Å². The number of pyridine rings is 1. The number of anilines is 2. The molecular formula is C22H22Cl2N6O2. The average Bonchev–Trinajstić information content (AvgIpc) is 3.29. The Morgan fingerprint density at radius 2 is 1.81 bits per heavy atom. The lowest BCUT2D eigenvalue weighted by atomic mass is 9.95. The third-order valence-electron chi connectivity index (χ3n) is 6.37. The Kier molecular flexibility index (Phi) is 5.33. The first-order valence-electron chi connectivity index (χ1n) is 10.3. The monoisotopic (exact) mass is 472 g/mol. The van der Waals surface area contributed by atoms with Gasteiger partial charge >= 0.3 is 0 Å². The van der Waals surface area contributed by atoms with Crippen molar-refractivity contribution in [1.29, 1.82) is 0 Å². The Morgan fingerprint density at radius 1 is 1.00 bits per heavy atom. The number of aliphatic hydroxyl groups excluding tert-OH is 2. The first-order chi connectivity index (χ1) is 15.3. The van der Waals surface area contributed by atoms with Crippen molar-refractivity contribution >= 4 is 56.8 Å². The van der Waals surface area contributed by atoms with E-state index in [0.717, 1.165) is 22.9 Å². The van der Waals surface area contributed by atoms with Crippen LogP contribution in [0.25, 0.3) is 21.9 Å². The second-order valence-electron chi connectivity index (χ2n) is 8.30. The number of fused-ring (bicyclic) bond motifs is 2. The van der Waals surface area contributed by atoms with Crippen LogP contribution in [0.4, 0.5) is 11.6 Å². The van der Waals surface area contributed by atoms with Gasteiger partial charge < -0.3 is 26.2 Å². The number of hydrogen-bond acceptors (Lipinski definition) is 7. The van der Waals surface area contributed by atoms with Crippen LogP contribution in [0.5, 0.6) is 0 Å². The second-order valence-corrected chi connectivity index (χ2v) is 9.05. The lowest BCUT2D eigenvalue weighted by Crippen LogP contribution is -2.29. The quantitative estimate of drug-likeness (QED) is 0.334. The van der Waals surface area contributed by atoms with E-state index in [0.29, 0.717) is 34.7 Å². The Balaban J connectivity index is 1.35. The third kappa shape index (κ3) is 3.63. The maximum Gasteiger partial charge on any atom is 0.226 e. The molecule has 166 valence electrons. The number of nitrogens with two attached hydrogens (primary N) is 2. The summed E-state index contributed by atoms with van der Waals surface area (Å²) in [6.07, 6.45) is 2.07. The normalized spacial score (nSPS) is 23.4. The number of halogens is 2. The summed E-state index contributed by atoms with van der Waals surface area (Å²) in [7, 11) is 0. The number of rotatable bonds is 4. The Labute approximate surface area is 193 Å². The van der Waals surface area contributed by atoms with Gasteiger partial charge in [-0.15, -0.1) is 0 Å². The lowest BCUT2D eigenvalue weighted by molar-refractivity contribution is 0.00545. The molecule has 0 spiro atoms. The Bertz CT molecular complexity index is 1330. The summed E-state index contributed by atoms with van der Waals surface area (Å²) in [6, 6.07) is 9.23. The van der Waals surface area contributed by atoms with Crippen LogP contribution in [-0.2, 0) is 6.42 Å². The average molecular weight is 473 g/mol. The number of nitrogens with zero attached hydrogens (tertiary/aromatic N) is 4. The molecule has 1 saturated carbocycles. The van der Waals surface area contributed by atoms with Gasteiger partial charge in [0.25, 0.3) is 0 Å². The minimum atomic E-state index is -0.925. The van der Waals surface area contributed by atoms with Crippen LogP contribution in [0.3, 0.4) is 0 Å². The van der Waals surface area contributed by atoms with Gasteiger partial charge in [0.05, 0.1) is 28.1 Å². The molecule has 6 N–H and O–H groups in total. The standard InChI is InChI=1S/C22H22Cl2N6O2/c23-14-8-11-3-1-10(7-15(11)27-20(14)26)2-4-12-9-16(18(32)17(12)31)30-6-5-13-19(25)28-22(24)29-21(13)30/h1,3,5-8,12,16-18,31-32H,2,4,9H2,(H2,26,27)(H2,25,28,29)/t12-,16+,17+,18-/m0/s1. The molecule has 4 aromatic rings. The van der Waals surface area contributed by atoms with Crippen LogP contribution in [0.15, 0.2) is 36.5 Å². The van der Waals surface area contributed by atoms with E-state index >= 15 is 0 Å². The third-order valence-corrected chi connectivity index (χ3v) is 6.84. The molecule has 4 atom stereocenters. The van der Waals surface area contributed by atoms with Gasteiger partial charge in [0.1, 0.15) is 23.4 Å². The van der Waals surface area contributed by atoms with Crippen molar-refractivity contribution in [3.63, 3.8) is 0 Å². The van der Waals surface area contributed by atoms with Crippen LogP contribution >= 0.6 is 23.2 Å². The number of benzene rings is 1. The summed E-state index contributed by atoms with van der Waals surface area (Å²) in [6.45, 7) is 0. The highest BCUT2D eigenvalue weighted by Crippen LogP contribution is 2.40. The van der Waals surface area contributed by atoms with Crippen molar-refractivity contribution in [2.24, 2.45) is 5.92 Å². The maximum atomic E-state index is 10.8. The lowest BCUT2D eigenvalue weighted by Gasteiger charge is -2.19. The van der Waals surface area contributed by atoms with Gasteiger partial charge in [0.15, 0.2) is 0 Å². The number of aryl methyl sites for hydroxylation is 1. The van der Waals surface area contributed by atoms with Gasteiger partial charge in [-0.05, 0) is 60.5 Å². The largest absolute Gasteiger partial charge is 0.390 e. The molecule has 0 bridgehead atoms. The number of aliphatic hydroxyl groups is 2. The van der Waals surface area contributed by atoms with E-state index in [2.05, 4.69) is 15.0 Å². The van der Waals surface area contributed by atoms with Crippen LogP contribution in [0.2, 0.25) is 10.3 Å². The number of hydrogen-bond donors (Lipinski definition) is 4. The Hall–Kier alpha value is -2.65. The van der Waals surface area contributed by atoms with Gasteiger partial charge in [-0.1, -0.05) is 23.7 Å². The van der Waals surface area contributed by atoms with Crippen molar-refractivity contribution in [2.75, 3.05) is 11.5 Å². The minimum Gasteiger partial charge on any atom is -0.390 e. The highest BCUT2D eigenvalue weighted by atomic mass is 35.5. The van der Waals surface area contributed by atoms with Crippen molar-refractivity contribution in [2.45, 2.75) is 37.5 Å². The zero-order valence-corrected chi connectivity index (χ0v) is 18.5. The van der Waals surface area contributed by atoms with Crippen molar-refractivity contribution in [3.05, 3.63) is 52.4 Å². The zero-order valence-electron chi connectivity index (χ0n) is 17.0. The molecule has 32 heavy (non-hydrogen) atoms. The summed E-state index contributed by atoms with van der Waals surface area (Å²) in [5.74, 6) is 0.508. The topological polar surface area (TPSA) is 136 Å². The predicted molar refractivity (Wildman–Crippen MR) is 126 cm³/mol. The molecule has 1 aliphatic rings. The summed E-state index contributed by atoms with van der Waals surface area (Å²) >= 11 is 12.0. The van der Waals surface area contributed by atoms with Crippen LogP contribution in [-0.4, -0.2) is 41.9 Å². The molecule has 0 radical (unpaired) electrons. The van der Waals surface area contributed by atoms with E-state index in [1.165, 1.54) is 0 Å². The minimum absolute atomic E-state index is 0.0476. The molecule has 10 heteroatoms. The van der Waals surface area contributed by atoms with Gasteiger partial charge in [-0.2, -0.15) is 4.98 Å². The highest BCUT2D eigenvalue weighted by molar-refractivity contribution is 6.33. The molecule has 0 amide bonds. The van der Waals surface area contributed by atoms with Crippen molar-refractivity contribution in [3.8, 4) is 0 Å². The number of aromatic nitrogens is 4. The van der Waals surface area contributed by atoms with Crippen LogP contribution in [0.1, 0.15) is 24.4 Å². The summed E-state index contributed by atoms with van der Waals surface area (Å²) < 4.78 is 1.83. The van der Waals surface area contributed by atoms with Crippen molar-refractivity contribution in [1.82, 2.24) is 19.5 Å². The van der Waals surface area contributed by atoms with E-state index in [9.17, 15) is 10.2 Å². The molecule has 1 fully saturated rings. The molecule has 0 aliphatic heterocycles. The molecule has 0 saturated heterocycles. The first kappa shape index (κ1) is 21.2. The highest BCUT2D eigenvalue weighted by Gasteiger charge is 2.42. The fourth-order valence-corrected chi connectivity index (χ4v) is 5.00. The molecule has 5 rings (SSSR count). The van der Waals surface area contributed by atoms with E-state index in [1.807, 2.05) is 22.8 Å². The maximum absolute atomic E-state index is 10.8. The van der Waals surface area contributed by atoms with Gasteiger partial charge in [-0.3, -0.25) is 0 Å². The van der Waals surface area contributed by atoms with Gasteiger partial charge in [0, 0.05) is 11.6 Å². The van der Waals surface area contributed by atoms with E-state index in [-0.39, 0.29) is 23.1 Å². The summed E-state index contributed by atoms with van der Waals surface area (Å²) in [5, 5.41) is 23.6. The Morgan fingerprint density at radius 3 is 2.62 bits per heavy atom. The molecule has 0 unspecified atom stereocenters. The predicted octanol–water partition coefficient (Wildman–Crippen LogP) is 3.37. The van der Waals surface area contributed by atoms with E-state index in [4.69, 9.17) is 34.7 Å². The van der Waals surface area contributed by atoms with E-state index in [1.54, 1.807) is 18.3 Å². The first-order valence-corrected chi connectivity index (χ1v) is 11.1. The molecular weight excluding hydrogens is 451 g/mol. The van der Waals surface area contributed by atoms with E-state index < -0.39 is 12.2 Å². The molecule has 1 aliphatic carbocycles. The summed E-state index contributed by atoms with van der Waals surface area (Å²) in [4.78, 5) is 12.6. The summed E-state index contributed by atoms with van der Waals surface area (Å²) in [5.41, 5.74) is 14.2. The molecule has 1 aromatic carbocycles.